The first kappa shape index (κ1) is 13.7. The molecule has 1 amide bonds. The highest BCUT2D eigenvalue weighted by Gasteiger charge is 2.03. The first-order chi connectivity index (χ1) is 9.34. The molecule has 0 spiro atoms. The van der Waals surface area contributed by atoms with E-state index in [1.165, 1.54) is 5.56 Å². The Balaban J connectivity index is 1.57. The number of carbonyl (C=O) groups is 1. The quantitative estimate of drug-likeness (QED) is 0.789. The van der Waals surface area contributed by atoms with Gasteiger partial charge in [0.1, 0.15) is 0 Å². The summed E-state index contributed by atoms with van der Waals surface area (Å²) in [6, 6.07) is 10.3. The van der Waals surface area contributed by atoms with Gasteiger partial charge in [-0.2, -0.15) is 0 Å². The van der Waals surface area contributed by atoms with Crippen molar-refractivity contribution < 1.29 is 4.79 Å². The molecule has 0 bridgehead atoms. The lowest BCUT2D eigenvalue weighted by atomic mass is 10.1. The third kappa shape index (κ3) is 5.22. The zero-order valence-corrected chi connectivity index (χ0v) is 11.7. The van der Waals surface area contributed by atoms with Crippen LogP contribution in [0.5, 0.6) is 0 Å². The van der Waals surface area contributed by atoms with Crippen LogP contribution in [0.2, 0.25) is 0 Å². The monoisotopic (exact) mass is 274 g/mol. The molecular formula is C15H18N2OS. The first-order valence-electron chi connectivity index (χ1n) is 6.53. The van der Waals surface area contributed by atoms with Crippen LogP contribution >= 0.6 is 11.3 Å². The van der Waals surface area contributed by atoms with Crippen LogP contribution in [0.15, 0.2) is 41.9 Å². The summed E-state index contributed by atoms with van der Waals surface area (Å²) < 4.78 is 0. The van der Waals surface area contributed by atoms with Gasteiger partial charge in [-0.05, 0) is 18.4 Å². The maximum absolute atomic E-state index is 11.6. The van der Waals surface area contributed by atoms with Gasteiger partial charge < -0.3 is 5.32 Å². The SMILES string of the molecule is O=C(CCc1nccs1)NCCCc1ccccc1. The maximum Gasteiger partial charge on any atom is 0.220 e. The van der Waals surface area contributed by atoms with Gasteiger partial charge in [0.25, 0.3) is 0 Å². The van der Waals surface area contributed by atoms with E-state index in [4.69, 9.17) is 0 Å². The highest BCUT2D eigenvalue weighted by Crippen LogP contribution is 2.06. The molecule has 2 rings (SSSR count). The molecule has 19 heavy (non-hydrogen) atoms. The average Bonchev–Trinajstić information content (AvgIpc) is 2.96. The molecule has 0 aliphatic rings. The van der Waals surface area contributed by atoms with Gasteiger partial charge in [-0.15, -0.1) is 11.3 Å². The Morgan fingerprint density at radius 1 is 1.21 bits per heavy atom. The fourth-order valence-corrected chi connectivity index (χ4v) is 2.47. The molecule has 0 radical (unpaired) electrons. The number of amides is 1. The fraction of sp³-hybridized carbons (Fsp3) is 0.333. The molecule has 0 fully saturated rings. The van der Waals surface area contributed by atoms with Crippen LogP contribution in [0.4, 0.5) is 0 Å². The van der Waals surface area contributed by atoms with Crippen molar-refractivity contribution >= 4 is 17.2 Å². The van der Waals surface area contributed by atoms with Crippen LogP contribution in [0.1, 0.15) is 23.4 Å². The molecule has 1 N–H and O–H groups in total. The zero-order chi connectivity index (χ0) is 13.3. The van der Waals surface area contributed by atoms with E-state index >= 15 is 0 Å². The van der Waals surface area contributed by atoms with Crippen molar-refractivity contribution in [2.75, 3.05) is 6.54 Å². The normalized spacial score (nSPS) is 10.3. The van der Waals surface area contributed by atoms with Crippen LogP contribution in [0.3, 0.4) is 0 Å². The van der Waals surface area contributed by atoms with E-state index in [1.54, 1.807) is 17.5 Å². The molecular weight excluding hydrogens is 256 g/mol. The molecule has 1 aromatic heterocycles. The highest BCUT2D eigenvalue weighted by atomic mass is 32.1. The van der Waals surface area contributed by atoms with E-state index in [-0.39, 0.29) is 5.91 Å². The summed E-state index contributed by atoms with van der Waals surface area (Å²) in [6.07, 6.45) is 5.03. The number of benzene rings is 1. The molecule has 1 aromatic carbocycles. The molecule has 0 unspecified atom stereocenters. The number of thiazole rings is 1. The van der Waals surface area contributed by atoms with Gasteiger partial charge in [-0.3, -0.25) is 4.79 Å². The lowest BCUT2D eigenvalue weighted by molar-refractivity contribution is -0.121. The number of rotatable bonds is 7. The van der Waals surface area contributed by atoms with Gasteiger partial charge in [-0.1, -0.05) is 30.3 Å². The molecule has 0 aliphatic carbocycles. The Morgan fingerprint density at radius 2 is 2.05 bits per heavy atom. The van der Waals surface area contributed by atoms with Crippen molar-refractivity contribution in [3.8, 4) is 0 Å². The zero-order valence-electron chi connectivity index (χ0n) is 10.8. The second-order valence-electron chi connectivity index (χ2n) is 4.36. The van der Waals surface area contributed by atoms with Crippen LogP contribution in [-0.4, -0.2) is 17.4 Å². The minimum atomic E-state index is 0.114. The summed E-state index contributed by atoms with van der Waals surface area (Å²) in [4.78, 5) is 15.8. The Labute approximate surface area is 117 Å². The van der Waals surface area contributed by atoms with E-state index in [2.05, 4.69) is 22.4 Å². The summed E-state index contributed by atoms with van der Waals surface area (Å²) >= 11 is 1.60. The van der Waals surface area contributed by atoms with Crippen molar-refractivity contribution in [3.05, 3.63) is 52.5 Å². The number of nitrogens with one attached hydrogen (secondary N) is 1. The van der Waals surface area contributed by atoms with Crippen LogP contribution in [0, 0.1) is 0 Å². The predicted molar refractivity (Wildman–Crippen MR) is 78.2 cm³/mol. The van der Waals surface area contributed by atoms with Crippen molar-refractivity contribution in [1.82, 2.24) is 10.3 Å². The Hall–Kier alpha value is -1.68. The van der Waals surface area contributed by atoms with Gasteiger partial charge in [0.05, 0.1) is 5.01 Å². The number of aromatic nitrogens is 1. The number of carbonyl (C=O) groups excluding carboxylic acids is 1. The lowest BCUT2D eigenvalue weighted by Gasteiger charge is -2.04. The van der Waals surface area contributed by atoms with Crippen molar-refractivity contribution in [1.29, 1.82) is 0 Å². The molecule has 2 aromatic rings. The van der Waals surface area contributed by atoms with E-state index in [0.717, 1.165) is 30.8 Å². The third-order valence-corrected chi connectivity index (χ3v) is 3.70. The Bertz CT molecular complexity index is 482. The Kier molecular flexibility index (Phi) is 5.56. The summed E-state index contributed by atoms with van der Waals surface area (Å²) in [5.74, 6) is 0.114. The summed E-state index contributed by atoms with van der Waals surface area (Å²) in [7, 11) is 0. The van der Waals surface area contributed by atoms with Gasteiger partial charge in [-0.25, -0.2) is 4.98 Å². The van der Waals surface area contributed by atoms with E-state index in [1.807, 2.05) is 23.6 Å². The first-order valence-corrected chi connectivity index (χ1v) is 7.41. The molecule has 100 valence electrons. The van der Waals surface area contributed by atoms with Crippen molar-refractivity contribution in [2.24, 2.45) is 0 Å². The van der Waals surface area contributed by atoms with Gasteiger partial charge in [0.2, 0.25) is 5.91 Å². The number of hydrogen-bond donors (Lipinski definition) is 1. The van der Waals surface area contributed by atoms with Gasteiger partial charge >= 0.3 is 0 Å². The fourth-order valence-electron chi connectivity index (χ4n) is 1.85. The van der Waals surface area contributed by atoms with Gasteiger partial charge in [0, 0.05) is 31.0 Å². The minimum absolute atomic E-state index is 0.114. The number of aryl methyl sites for hydroxylation is 2. The molecule has 0 saturated heterocycles. The molecule has 3 nitrogen and oxygen atoms in total. The summed E-state index contributed by atoms with van der Waals surface area (Å²) in [5.41, 5.74) is 1.32. The molecule has 4 heteroatoms. The topological polar surface area (TPSA) is 42.0 Å². The smallest absolute Gasteiger partial charge is 0.220 e. The Morgan fingerprint density at radius 3 is 2.79 bits per heavy atom. The molecule has 0 aliphatic heterocycles. The van der Waals surface area contributed by atoms with E-state index < -0.39 is 0 Å². The minimum Gasteiger partial charge on any atom is -0.356 e. The second kappa shape index (κ2) is 7.69. The second-order valence-corrected chi connectivity index (χ2v) is 5.34. The molecule has 1 heterocycles. The van der Waals surface area contributed by atoms with Crippen molar-refractivity contribution in [2.45, 2.75) is 25.7 Å². The van der Waals surface area contributed by atoms with Gasteiger partial charge in [0.15, 0.2) is 0 Å². The van der Waals surface area contributed by atoms with Crippen LogP contribution in [-0.2, 0) is 17.6 Å². The van der Waals surface area contributed by atoms with Crippen LogP contribution < -0.4 is 5.32 Å². The van der Waals surface area contributed by atoms with E-state index in [9.17, 15) is 4.79 Å². The number of nitrogens with zero attached hydrogens (tertiary/aromatic N) is 1. The molecule has 0 saturated carbocycles. The summed E-state index contributed by atoms with van der Waals surface area (Å²) in [5, 5.41) is 5.92. The third-order valence-electron chi connectivity index (χ3n) is 2.86. The highest BCUT2D eigenvalue weighted by molar-refractivity contribution is 7.09. The summed E-state index contributed by atoms with van der Waals surface area (Å²) in [6.45, 7) is 0.742. The van der Waals surface area contributed by atoms with Crippen LogP contribution in [0.25, 0.3) is 0 Å². The van der Waals surface area contributed by atoms with E-state index in [0.29, 0.717) is 6.42 Å². The lowest BCUT2D eigenvalue weighted by Crippen LogP contribution is -2.24. The van der Waals surface area contributed by atoms with Crippen molar-refractivity contribution in [3.63, 3.8) is 0 Å². The maximum atomic E-state index is 11.6. The molecule has 0 atom stereocenters. The largest absolute Gasteiger partial charge is 0.356 e. The standard InChI is InChI=1S/C15H18N2OS/c18-14(8-9-15-17-11-12-19-15)16-10-4-7-13-5-2-1-3-6-13/h1-3,5-6,11-12H,4,7-10H2,(H,16,18). The predicted octanol–water partition coefficient (Wildman–Crippen LogP) is 2.82. The number of hydrogen-bond acceptors (Lipinski definition) is 3. The average molecular weight is 274 g/mol.